The summed E-state index contributed by atoms with van der Waals surface area (Å²) in [5.74, 6) is 0.558. The molecule has 7 heteroatoms. The Morgan fingerprint density at radius 1 is 1.23 bits per heavy atom. The molecule has 0 saturated carbocycles. The Morgan fingerprint density at radius 2 is 1.96 bits per heavy atom. The third kappa shape index (κ3) is 4.79. The average molecular weight is 378 g/mol. The summed E-state index contributed by atoms with van der Waals surface area (Å²) in [6.45, 7) is 3.07. The maximum absolute atomic E-state index is 12.6. The van der Waals surface area contributed by atoms with Crippen LogP contribution in [0.25, 0.3) is 0 Å². The number of rotatable bonds is 8. The van der Waals surface area contributed by atoms with Crippen molar-refractivity contribution < 1.29 is 14.3 Å². The summed E-state index contributed by atoms with van der Waals surface area (Å²) in [5, 5.41) is 3.21. The van der Waals surface area contributed by atoms with E-state index in [4.69, 9.17) is 21.1 Å². The predicted molar refractivity (Wildman–Crippen MR) is 105 cm³/mol. The van der Waals surface area contributed by atoms with Crippen molar-refractivity contribution in [3.63, 3.8) is 0 Å². The number of nitrogens with one attached hydrogen (secondary N) is 1. The normalized spacial score (nSPS) is 10.3. The van der Waals surface area contributed by atoms with E-state index in [1.54, 1.807) is 24.4 Å². The Morgan fingerprint density at radius 3 is 2.62 bits per heavy atom. The van der Waals surface area contributed by atoms with E-state index in [9.17, 15) is 4.79 Å². The highest BCUT2D eigenvalue weighted by Gasteiger charge is 2.15. The molecule has 0 spiro atoms. The number of benzene rings is 1. The summed E-state index contributed by atoms with van der Waals surface area (Å²) in [6.07, 6.45) is 3.83. The Bertz CT molecular complexity index is 768. The monoisotopic (exact) mass is 377 g/mol. The quantitative estimate of drug-likeness (QED) is 0.745. The van der Waals surface area contributed by atoms with E-state index in [-0.39, 0.29) is 5.91 Å². The number of unbranched alkanes of at least 4 members (excludes halogenated alkanes) is 1. The van der Waals surface area contributed by atoms with Crippen molar-refractivity contribution in [2.75, 3.05) is 38.0 Å². The Kier molecular flexibility index (Phi) is 7.09. The van der Waals surface area contributed by atoms with Gasteiger partial charge in [0.05, 0.1) is 24.9 Å². The van der Waals surface area contributed by atoms with Crippen LogP contribution in [0.3, 0.4) is 0 Å². The van der Waals surface area contributed by atoms with Crippen molar-refractivity contribution >= 4 is 28.9 Å². The summed E-state index contributed by atoms with van der Waals surface area (Å²) >= 11 is 6.10. The van der Waals surface area contributed by atoms with Gasteiger partial charge in [-0.25, -0.2) is 0 Å². The van der Waals surface area contributed by atoms with Gasteiger partial charge in [-0.05, 0) is 18.6 Å². The van der Waals surface area contributed by atoms with Gasteiger partial charge in [-0.15, -0.1) is 0 Å². The molecule has 0 bridgehead atoms. The Balaban J connectivity index is 2.22. The molecule has 0 aliphatic rings. The summed E-state index contributed by atoms with van der Waals surface area (Å²) in [6, 6.07) is 6.87. The SMILES string of the molecule is CCCCN(C)c1ccnc(C(=O)Nc2cc(OC)c(Cl)cc2OC)c1. The molecular formula is C19H24ClN3O3. The molecule has 0 fully saturated rings. The van der Waals surface area contributed by atoms with Gasteiger partial charge in [-0.1, -0.05) is 24.9 Å². The van der Waals surface area contributed by atoms with E-state index in [0.717, 1.165) is 25.1 Å². The maximum atomic E-state index is 12.6. The molecule has 2 rings (SSSR count). The standard InChI is InChI=1S/C19H24ClN3O3/c1-5-6-9-23(2)13-7-8-21-16(10-13)19(24)22-15-12-17(25-3)14(20)11-18(15)26-4/h7-8,10-12H,5-6,9H2,1-4H3,(H,22,24). The van der Waals surface area contributed by atoms with E-state index in [2.05, 4.69) is 22.1 Å². The first kappa shape index (κ1) is 19.8. The highest BCUT2D eigenvalue weighted by molar-refractivity contribution is 6.32. The van der Waals surface area contributed by atoms with E-state index in [1.165, 1.54) is 14.2 Å². The van der Waals surface area contributed by atoms with Crippen LogP contribution in [0.5, 0.6) is 11.5 Å². The van der Waals surface area contributed by atoms with Gasteiger partial charge >= 0.3 is 0 Å². The van der Waals surface area contributed by atoms with Gasteiger partial charge < -0.3 is 19.7 Å². The molecule has 0 radical (unpaired) electrons. The number of amides is 1. The highest BCUT2D eigenvalue weighted by atomic mass is 35.5. The van der Waals surface area contributed by atoms with Crippen molar-refractivity contribution in [1.29, 1.82) is 0 Å². The lowest BCUT2D eigenvalue weighted by atomic mass is 10.2. The molecule has 6 nitrogen and oxygen atoms in total. The number of carbonyl (C=O) groups is 1. The second kappa shape index (κ2) is 9.29. The van der Waals surface area contributed by atoms with Crippen molar-refractivity contribution in [3.05, 3.63) is 41.2 Å². The third-order valence-corrected chi connectivity index (χ3v) is 4.28. The molecule has 2 aromatic rings. The van der Waals surface area contributed by atoms with Gasteiger partial charge in [0.15, 0.2) is 0 Å². The fourth-order valence-corrected chi connectivity index (χ4v) is 2.68. The molecule has 1 aromatic heterocycles. The minimum Gasteiger partial charge on any atom is -0.495 e. The fourth-order valence-electron chi connectivity index (χ4n) is 2.45. The molecule has 26 heavy (non-hydrogen) atoms. The van der Waals surface area contributed by atoms with Gasteiger partial charge in [0.25, 0.3) is 5.91 Å². The number of ether oxygens (including phenoxy) is 2. The van der Waals surface area contributed by atoms with Crippen LogP contribution in [0, 0.1) is 0 Å². The highest BCUT2D eigenvalue weighted by Crippen LogP contribution is 2.36. The van der Waals surface area contributed by atoms with Crippen molar-refractivity contribution in [2.24, 2.45) is 0 Å². The van der Waals surface area contributed by atoms with Crippen LogP contribution < -0.4 is 19.7 Å². The number of hydrogen-bond acceptors (Lipinski definition) is 5. The molecule has 1 heterocycles. The number of nitrogens with zero attached hydrogens (tertiary/aromatic N) is 2. The van der Waals surface area contributed by atoms with Crippen molar-refractivity contribution in [3.8, 4) is 11.5 Å². The Labute approximate surface area is 159 Å². The lowest BCUT2D eigenvalue weighted by Crippen LogP contribution is -2.20. The first-order valence-electron chi connectivity index (χ1n) is 8.40. The average Bonchev–Trinajstić information content (AvgIpc) is 2.66. The molecule has 0 aliphatic heterocycles. The number of anilines is 2. The van der Waals surface area contributed by atoms with Crippen LogP contribution in [-0.4, -0.2) is 38.7 Å². The molecule has 140 valence electrons. The number of halogens is 1. The predicted octanol–water partition coefficient (Wildman–Crippen LogP) is 4.24. The number of hydrogen-bond donors (Lipinski definition) is 1. The second-order valence-electron chi connectivity index (χ2n) is 5.82. The van der Waals surface area contributed by atoms with Gasteiger partial charge in [-0.2, -0.15) is 0 Å². The first-order valence-corrected chi connectivity index (χ1v) is 8.78. The van der Waals surface area contributed by atoms with Crippen LogP contribution in [0.2, 0.25) is 5.02 Å². The summed E-state index contributed by atoms with van der Waals surface area (Å²) in [7, 11) is 5.02. The molecule has 1 amide bonds. The largest absolute Gasteiger partial charge is 0.495 e. The van der Waals surface area contributed by atoms with Crippen molar-refractivity contribution in [2.45, 2.75) is 19.8 Å². The smallest absolute Gasteiger partial charge is 0.274 e. The molecule has 0 unspecified atom stereocenters. The van der Waals surface area contributed by atoms with Crippen LogP contribution in [-0.2, 0) is 0 Å². The topological polar surface area (TPSA) is 63.7 Å². The van der Waals surface area contributed by atoms with Crippen LogP contribution in [0.1, 0.15) is 30.3 Å². The number of methoxy groups -OCH3 is 2. The summed E-state index contributed by atoms with van der Waals surface area (Å²) in [4.78, 5) is 18.9. The molecular weight excluding hydrogens is 354 g/mol. The third-order valence-electron chi connectivity index (χ3n) is 3.99. The minimum absolute atomic E-state index is 0.321. The van der Waals surface area contributed by atoms with E-state index >= 15 is 0 Å². The lowest BCUT2D eigenvalue weighted by Gasteiger charge is -2.19. The van der Waals surface area contributed by atoms with Crippen LogP contribution >= 0.6 is 11.6 Å². The molecule has 0 saturated heterocycles. The van der Waals surface area contributed by atoms with E-state index in [0.29, 0.717) is 27.9 Å². The number of carbonyl (C=O) groups excluding carboxylic acids is 1. The first-order chi connectivity index (χ1) is 12.5. The molecule has 0 aliphatic carbocycles. The fraction of sp³-hybridized carbons (Fsp3) is 0.368. The van der Waals surface area contributed by atoms with Crippen molar-refractivity contribution in [1.82, 2.24) is 4.98 Å². The molecule has 0 atom stereocenters. The summed E-state index contributed by atoms with van der Waals surface area (Å²) < 4.78 is 10.5. The number of pyridine rings is 1. The van der Waals surface area contributed by atoms with Gasteiger partial charge in [0.1, 0.15) is 17.2 Å². The number of aromatic nitrogens is 1. The van der Waals surface area contributed by atoms with Gasteiger partial charge in [0, 0.05) is 37.6 Å². The maximum Gasteiger partial charge on any atom is 0.274 e. The zero-order valence-corrected chi connectivity index (χ0v) is 16.3. The van der Waals surface area contributed by atoms with Gasteiger partial charge in [0.2, 0.25) is 0 Å². The second-order valence-corrected chi connectivity index (χ2v) is 6.22. The molecule has 1 N–H and O–H groups in total. The zero-order valence-electron chi connectivity index (χ0n) is 15.5. The lowest BCUT2D eigenvalue weighted by molar-refractivity contribution is 0.102. The van der Waals surface area contributed by atoms with Gasteiger partial charge in [-0.3, -0.25) is 9.78 Å². The summed E-state index contributed by atoms with van der Waals surface area (Å²) in [5.41, 5.74) is 1.73. The van der Waals surface area contributed by atoms with E-state index < -0.39 is 0 Å². The van der Waals surface area contributed by atoms with Crippen LogP contribution in [0.15, 0.2) is 30.5 Å². The van der Waals surface area contributed by atoms with Crippen LogP contribution in [0.4, 0.5) is 11.4 Å². The van der Waals surface area contributed by atoms with E-state index in [1.807, 2.05) is 13.1 Å². The Hall–Kier alpha value is -2.47. The zero-order chi connectivity index (χ0) is 19.1. The minimum atomic E-state index is -0.335. The molecule has 1 aromatic carbocycles.